The summed E-state index contributed by atoms with van der Waals surface area (Å²) in [4.78, 5) is 24.8. The number of rotatable bonds is 6. The largest absolute Gasteiger partial charge is 0.344 e. The lowest BCUT2D eigenvalue weighted by Gasteiger charge is -2.12. The van der Waals surface area contributed by atoms with Crippen LogP contribution in [0.4, 0.5) is 0 Å². The van der Waals surface area contributed by atoms with Gasteiger partial charge in [0.15, 0.2) is 10.9 Å². The van der Waals surface area contributed by atoms with Crippen LogP contribution < -0.4 is 5.69 Å². The van der Waals surface area contributed by atoms with Crippen molar-refractivity contribution in [3.63, 3.8) is 0 Å². The fourth-order valence-corrected chi connectivity index (χ4v) is 3.57. The van der Waals surface area contributed by atoms with Crippen LogP contribution in [-0.4, -0.2) is 25.8 Å². The Labute approximate surface area is 156 Å². The van der Waals surface area contributed by atoms with Gasteiger partial charge in [-0.3, -0.25) is 9.36 Å². The number of hydrogen-bond acceptors (Lipinski definition) is 4. The molecule has 2 aromatic carbocycles. The minimum absolute atomic E-state index is 0.0276. The second-order valence-electron chi connectivity index (χ2n) is 6.31. The van der Waals surface area contributed by atoms with E-state index in [2.05, 4.69) is 10.2 Å². The molecule has 6 heteroatoms. The van der Waals surface area contributed by atoms with Crippen molar-refractivity contribution in [1.82, 2.24) is 14.8 Å². The maximum absolute atomic E-state index is 12.7. The summed E-state index contributed by atoms with van der Waals surface area (Å²) in [6, 6.07) is 15.4. The van der Waals surface area contributed by atoms with Crippen LogP contribution in [0.25, 0.3) is 0 Å². The van der Waals surface area contributed by atoms with Crippen LogP contribution in [0, 0.1) is 13.8 Å². The summed E-state index contributed by atoms with van der Waals surface area (Å²) < 4.78 is 1.56. The highest BCUT2D eigenvalue weighted by Crippen LogP contribution is 2.24. The number of nitrogens with zero attached hydrogens (tertiary/aromatic N) is 2. The number of nitrogens with one attached hydrogen (secondary N) is 1. The van der Waals surface area contributed by atoms with E-state index in [4.69, 9.17) is 0 Å². The minimum atomic E-state index is -0.346. The second-order valence-corrected chi connectivity index (χ2v) is 7.61. The molecule has 0 saturated heterocycles. The number of hydrogen-bond donors (Lipinski definition) is 1. The van der Waals surface area contributed by atoms with E-state index in [1.165, 1.54) is 11.8 Å². The standard InChI is InChI=1S/C20H21N3O2S/c1-13-9-10-17(11-14(13)2)18(24)15(3)26-20-22-21-19(25)23(20)12-16-7-5-4-6-8-16/h4-11,15H,12H2,1-3H3,(H,21,25)/t15-/m1/s1. The molecule has 134 valence electrons. The van der Waals surface area contributed by atoms with Crippen LogP contribution in [0.1, 0.15) is 34.0 Å². The number of H-pyrrole nitrogens is 1. The molecule has 1 aromatic heterocycles. The summed E-state index contributed by atoms with van der Waals surface area (Å²) in [6.07, 6.45) is 0. The Morgan fingerprint density at radius 3 is 2.58 bits per heavy atom. The summed E-state index contributed by atoms with van der Waals surface area (Å²) >= 11 is 1.29. The van der Waals surface area contributed by atoms with E-state index in [-0.39, 0.29) is 16.7 Å². The smallest absolute Gasteiger partial charge is 0.293 e. The first-order valence-corrected chi connectivity index (χ1v) is 9.31. The number of aromatic nitrogens is 3. The van der Waals surface area contributed by atoms with E-state index < -0.39 is 0 Å². The zero-order valence-electron chi connectivity index (χ0n) is 15.0. The summed E-state index contributed by atoms with van der Waals surface area (Å²) in [5.41, 5.74) is 3.66. The zero-order chi connectivity index (χ0) is 18.7. The van der Waals surface area contributed by atoms with Gasteiger partial charge in [-0.2, -0.15) is 0 Å². The van der Waals surface area contributed by atoms with E-state index in [0.29, 0.717) is 17.3 Å². The molecule has 5 nitrogen and oxygen atoms in total. The molecule has 3 rings (SSSR count). The number of Topliss-reactive ketones (excluding diaryl/α,β-unsaturated/α-hetero) is 1. The van der Waals surface area contributed by atoms with Gasteiger partial charge in [0.1, 0.15) is 0 Å². The van der Waals surface area contributed by atoms with Crippen molar-refractivity contribution in [1.29, 1.82) is 0 Å². The van der Waals surface area contributed by atoms with Crippen molar-refractivity contribution in [2.24, 2.45) is 0 Å². The van der Waals surface area contributed by atoms with Crippen molar-refractivity contribution in [2.75, 3.05) is 0 Å². The number of carbonyl (C=O) groups is 1. The van der Waals surface area contributed by atoms with Gasteiger partial charge in [-0.25, -0.2) is 9.89 Å². The maximum Gasteiger partial charge on any atom is 0.344 e. The quantitative estimate of drug-likeness (QED) is 0.534. The molecule has 0 amide bonds. The molecule has 1 atom stereocenters. The molecule has 0 unspecified atom stereocenters. The van der Waals surface area contributed by atoms with Gasteiger partial charge in [0.05, 0.1) is 11.8 Å². The topological polar surface area (TPSA) is 67.8 Å². The predicted octanol–water partition coefficient (Wildman–Crippen LogP) is 3.60. The highest BCUT2D eigenvalue weighted by Gasteiger charge is 2.20. The highest BCUT2D eigenvalue weighted by molar-refractivity contribution is 8.00. The van der Waals surface area contributed by atoms with Crippen molar-refractivity contribution >= 4 is 17.5 Å². The van der Waals surface area contributed by atoms with Gasteiger partial charge in [0, 0.05) is 5.56 Å². The number of aryl methyl sites for hydroxylation is 2. The molecule has 1 heterocycles. The van der Waals surface area contributed by atoms with E-state index in [1.807, 2.05) is 69.3 Å². The summed E-state index contributed by atoms with van der Waals surface area (Å²) in [7, 11) is 0. The SMILES string of the molecule is Cc1ccc(C(=O)[C@@H](C)Sc2n[nH]c(=O)n2Cc2ccccc2)cc1C. The molecule has 0 saturated carbocycles. The lowest BCUT2D eigenvalue weighted by molar-refractivity contribution is 0.0993. The molecule has 0 spiro atoms. The molecule has 0 fully saturated rings. The van der Waals surface area contributed by atoms with Crippen LogP contribution in [0.5, 0.6) is 0 Å². The van der Waals surface area contributed by atoms with Crippen LogP contribution in [0.2, 0.25) is 0 Å². The van der Waals surface area contributed by atoms with Gasteiger partial charge in [0.25, 0.3) is 0 Å². The van der Waals surface area contributed by atoms with E-state index in [9.17, 15) is 9.59 Å². The molecule has 0 aliphatic carbocycles. The van der Waals surface area contributed by atoms with Crippen molar-refractivity contribution < 1.29 is 4.79 Å². The monoisotopic (exact) mass is 367 g/mol. The second kappa shape index (κ2) is 7.74. The Bertz CT molecular complexity index is 976. The minimum Gasteiger partial charge on any atom is -0.293 e. The average molecular weight is 367 g/mol. The van der Waals surface area contributed by atoms with E-state index in [1.54, 1.807) is 4.57 Å². The fourth-order valence-electron chi connectivity index (χ4n) is 2.64. The normalized spacial score (nSPS) is 12.1. The Morgan fingerprint density at radius 1 is 1.15 bits per heavy atom. The molecule has 0 radical (unpaired) electrons. The van der Waals surface area contributed by atoms with Crippen LogP contribution in [0.3, 0.4) is 0 Å². The van der Waals surface area contributed by atoms with E-state index >= 15 is 0 Å². The third-order valence-electron chi connectivity index (χ3n) is 4.35. The first kappa shape index (κ1) is 18.2. The number of aromatic amines is 1. The summed E-state index contributed by atoms with van der Waals surface area (Å²) in [5, 5.41) is 6.75. The number of ketones is 1. The first-order valence-electron chi connectivity index (χ1n) is 8.43. The van der Waals surface area contributed by atoms with Crippen LogP contribution >= 0.6 is 11.8 Å². The lowest BCUT2D eigenvalue weighted by atomic mass is 10.0. The molecule has 3 aromatic rings. The van der Waals surface area contributed by atoms with Gasteiger partial charge in [-0.15, -0.1) is 5.10 Å². The molecule has 1 N–H and O–H groups in total. The molecule has 0 aliphatic rings. The van der Waals surface area contributed by atoms with Crippen molar-refractivity contribution in [2.45, 2.75) is 37.7 Å². The molecule has 0 bridgehead atoms. The predicted molar refractivity (Wildman–Crippen MR) is 104 cm³/mol. The fraction of sp³-hybridized carbons (Fsp3) is 0.250. The Balaban J connectivity index is 1.79. The average Bonchev–Trinajstić information content (AvgIpc) is 2.97. The number of thioether (sulfide) groups is 1. The molecule has 26 heavy (non-hydrogen) atoms. The third kappa shape index (κ3) is 3.96. The van der Waals surface area contributed by atoms with Gasteiger partial charge in [-0.1, -0.05) is 54.2 Å². The summed E-state index contributed by atoms with van der Waals surface area (Å²) in [6.45, 7) is 6.28. The Morgan fingerprint density at radius 2 is 1.88 bits per heavy atom. The molecule has 0 aliphatic heterocycles. The molecular weight excluding hydrogens is 346 g/mol. The van der Waals surface area contributed by atoms with Gasteiger partial charge in [0.2, 0.25) is 0 Å². The van der Waals surface area contributed by atoms with Gasteiger partial charge >= 0.3 is 5.69 Å². The van der Waals surface area contributed by atoms with Gasteiger partial charge in [-0.05, 0) is 43.5 Å². The van der Waals surface area contributed by atoms with Crippen LogP contribution in [0.15, 0.2) is 58.5 Å². The number of carbonyl (C=O) groups excluding carboxylic acids is 1. The lowest BCUT2D eigenvalue weighted by Crippen LogP contribution is -2.20. The van der Waals surface area contributed by atoms with Gasteiger partial charge < -0.3 is 0 Å². The number of benzene rings is 2. The van der Waals surface area contributed by atoms with Crippen molar-refractivity contribution in [3.8, 4) is 0 Å². The summed E-state index contributed by atoms with van der Waals surface area (Å²) in [5.74, 6) is 0.0276. The van der Waals surface area contributed by atoms with E-state index in [0.717, 1.165) is 16.7 Å². The first-order chi connectivity index (χ1) is 12.5. The zero-order valence-corrected chi connectivity index (χ0v) is 15.8. The third-order valence-corrected chi connectivity index (χ3v) is 5.44. The Hall–Kier alpha value is -2.60. The maximum atomic E-state index is 12.7. The molecular formula is C20H21N3O2S. The Kier molecular flexibility index (Phi) is 5.42. The van der Waals surface area contributed by atoms with Crippen LogP contribution in [-0.2, 0) is 6.54 Å². The highest BCUT2D eigenvalue weighted by atomic mass is 32.2. The van der Waals surface area contributed by atoms with Crippen molar-refractivity contribution in [3.05, 3.63) is 81.3 Å².